The molecule has 5 nitrogen and oxygen atoms in total. The van der Waals surface area contributed by atoms with Gasteiger partial charge < -0.3 is 4.42 Å². The predicted octanol–water partition coefficient (Wildman–Crippen LogP) is 3.04. The van der Waals surface area contributed by atoms with Crippen molar-refractivity contribution in [3.8, 4) is 0 Å². The van der Waals surface area contributed by atoms with Crippen LogP contribution in [0.5, 0.6) is 0 Å². The molecule has 0 aliphatic heterocycles. The zero-order chi connectivity index (χ0) is 14.1. The summed E-state index contributed by atoms with van der Waals surface area (Å²) < 4.78 is 7.64. The van der Waals surface area contributed by atoms with E-state index in [1.165, 1.54) is 0 Å². The van der Waals surface area contributed by atoms with Crippen molar-refractivity contribution in [1.82, 2.24) is 19.9 Å². The van der Waals surface area contributed by atoms with Crippen LogP contribution in [0.25, 0.3) is 5.65 Å². The minimum absolute atomic E-state index is 0.0767. The van der Waals surface area contributed by atoms with E-state index in [1.807, 2.05) is 47.9 Å². The Morgan fingerprint density at radius 3 is 2.70 bits per heavy atom. The first kappa shape index (κ1) is 12.9. The van der Waals surface area contributed by atoms with Crippen LogP contribution < -0.4 is 5.32 Å². The maximum Gasteiger partial charge on any atom is 0.160 e. The van der Waals surface area contributed by atoms with Gasteiger partial charge in [0.05, 0.1) is 12.1 Å². The molecule has 104 valence electrons. The number of fused-ring (bicyclic) bond motifs is 1. The van der Waals surface area contributed by atoms with Crippen molar-refractivity contribution in [3.63, 3.8) is 0 Å². The van der Waals surface area contributed by atoms with E-state index in [2.05, 4.69) is 29.4 Å². The van der Waals surface area contributed by atoms with E-state index in [0.717, 1.165) is 23.0 Å². The summed E-state index contributed by atoms with van der Waals surface area (Å²) in [7, 11) is 0. The fourth-order valence-corrected chi connectivity index (χ4v) is 2.37. The zero-order valence-corrected chi connectivity index (χ0v) is 11.9. The molecule has 2 atom stereocenters. The molecule has 3 aromatic heterocycles. The van der Waals surface area contributed by atoms with Gasteiger partial charge >= 0.3 is 0 Å². The molecule has 0 saturated carbocycles. The first-order valence-corrected chi connectivity index (χ1v) is 6.77. The van der Waals surface area contributed by atoms with Crippen molar-refractivity contribution in [2.45, 2.75) is 32.9 Å². The van der Waals surface area contributed by atoms with Crippen LogP contribution >= 0.6 is 0 Å². The summed E-state index contributed by atoms with van der Waals surface area (Å²) in [6.45, 7) is 6.11. The summed E-state index contributed by atoms with van der Waals surface area (Å²) in [5.41, 5.74) is 0.859. The van der Waals surface area contributed by atoms with E-state index in [1.54, 1.807) is 0 Å². The van der Waals surface area contributed by atoms with E-state index >= 15 is 0 Å². The van der Waals surface area contributed by atoms with Crippen LogP contribution in [0, 0.1) is 6.92 Å². The second kappa shape index (κ2) is 5.09. The molecule has 1 N–H and O–H groups in total. The third-order valence-electron chi connectivity index (χ3n) is 3.42. The van der Waals surface area contributed by atoms with Crippen LogP contribution in [0.3, 0.4) is 0 Å². The number of nitrogens with one attached hydrogen (secondary N) is 1. The predicted molar refractivity (Wildman–Crippen MR) is 76.4 cm³/mol. The largest absolute Gasteiger partial charge is 0.465 e. The van der Waals surface area contributed by atoms with Gasteiger partial charge in [-0.2, -0.15) is 0 Å². The number of nitrogens with zero attached hydrogens (tertiary/aromatic N) is 3. The van der Waals surface area contributed by atoms with Crippen LogP contribution in [-0.4, -0.2) is 14.6 Å². The highest BCUT2D eigenvalue weighted by Gasteiger charge is 2.17. The van der Waals surface area contributed by atoms with Crippen molar-refractivity contribution in [2.24, 2.45) is 0 Å². The van der Waals surface area contributed by atoms with E-state index in [9.17, 15) is 0 Å². The van der Waals surface area contributed by atoms with Crippen molar-refractivity contribution in [3.05, 3.63) is 53.9 Å². The lowest BCUT2D eigenvalue weighted by atomic mass is 10.2. The second-order valence-corrected chi connectivity index (χ2v) is 5.05. The standard InChI is InChI=1S/C15H18N4O/c1-10-7-8-13(20-10)11(2)16-12(3)15-18-17-14-6-4-5-9-19(14)15/h4-9,11-12,16H,1-3H3. The molecule has 3 aromatic rings. The van der Waals surface area contributed by atoms with Gasteiger partial charge in [0.2, 0.25) is 0 Å². The van der Waals surface area contributed by atoms with Crippen LogP contribution in [0.15, 0.2) is 40.9 Å². The van der Waals surface area contributed by atoms with Crippen molar-refractivity contribution >= 4 is 5.65 Å². The maximum absolute atomic E-state index is 5.65. The Hall–Kier alpha value is -2.14. The number of aryl methyl sites for hydroxylation is 1. The molecule has 3 rings (SSSR count). The Labute approximate surface area is 117 Å². The topological polar surface area (TPSA) is 55.4 Å². The smallest absolute Gasteiger partial charge is 0.160 e. The molecular weight excluding hydrogens is 252 g/mol. The Balaban J connectivity index is 1.80. The summed E-state index contributed by atoms with van der Waals surface area (Å²) in [6, 6.07) is 10.1. The van der Waals surface area contributed by atoms with Crippen molar-refractivity contribution in [1.29, 1.82) is 0 Å². The minimum Gasteiger partial charge on any atom is -0.465 e. The van der Waals surface area contributed by atoms with Gasteiger partial charge in [-0.1, -0.05) is 6.07 Å². The van der Waals surface area contributed by atoms with Crippen molar-refractivity contribution < 1.29 is 4.42 Å². The van der Waals surface area contributed by atoms with Crippen LogP contribution in [0.2, 0.25) is 0 Å². The summed E-state index contributed by atoms with van der Waals surface area (Å²) in [5, 5.41) is 11.9. The molecule has 0 bridgehead atoms. The molecule has 0 aliphatic carbocycles. The Morgan fingerprint density at radius 2 is 1.95 bits per heavy atom. The highest BCUT2D eigenvalue weighted by atomic mass is 16.3. The van der Waals surface area contributed by atoms with Gasteiger partial charge in [-0.15, -0.1) is 10.2 Å². The molecule has 20 heavy (non-hydrogen) atoms. The van der Waals surface area contributed by atoms with E-state index < -0.39 is 0 Å². The van der Waals surface area contributed by atoms with Gasteiger partial charge in [-0.3, -0.25) is 9.72 Å². The molecule has 0 saturated heterocycles. The second-order valence-electron chi connectivity index (χ2n) is 5.05. The highest BCUT2D eigenvalue weighted by Crippen LogP contribution is 2.20. The Bertz CT molecular complexity index is 715. The highest BCUT2D eigenvalue weighted by molar-refractivity contribution is 5.37. The van der Waals surface area contributed by atoms with Crippen LogP contribution in [-0.2, 0) is 0 Å². The van der Waals surface area contributed by atoms with E-state index in [-0.39, 0.29) is 12.1 Å². The van der Waals surface area contributed by atoms with Gasteiger partial charge in [0.1, 0.15) is 11.5 Å². The fraction of sp³-hybridized carbons (Fsp3) is 0.333. The Kier molecular flexibility index (Phi) is 3.28. The first-order chi connectivity index (χ1) is 9.65. The summed E-state index contributed by atoms with van der Waals surface area (Å²) in [4.78, 5) is 0. The third-order valence-corrected chi connectivity index (χ3v) is 3.42. The van der Waals surface area contributed by atoms with Gasteiger partial charge in [0, 0.05) is 6.20 Å². The number of pyridine rings is 1. The molecule has 2 unspecified atom stereocenters. The lowest BCUT2D eigenvalue weighted by molar-refractivity contribution is 0.386. The minimum atomic E-state index is 0.0767. The molecule has 3 heterocycles. The average Bonchev–Trinajstić information content (AvgIpc) is 3.04. The lowest BCUT2D eigenvalue weighted by Gasteiger charge is -2.17. The number of furan rings is 1. The molecule has 0 aromatic carbocycles. The normalized spacial score (nSPS) is 14.6. The fourth-order valence-electron chi connectivity index (χ4n) is 2.37. The van der Waals surface area contributed by atoms with Gasteiger partial charge in [-0.25, -0.2) is 0 Å². The molecule has 0 aliphatic rings. The van der Waals surface area contributed by atoms with Gasteiger partial charge in [0.25, 0.3) is 0 Å². The molecule has 0 fully saturated rings. The average molecular weight is 270 g/mol. The van der Waals surface area contributed by atoms with Gasteiger partial charge in [-0.05, 0) is 45.0 Å². The molecular formula is C15H18N4O. The molecule has 0 amide bonds. The number of rotatable bonds is 4. The maximum atomic E-state index is 5.65. The van der Waals surface area contributed by atoms with Crippen LogP contribution in [0.4, 0.5) is 0 Å². The summed E-state index contributed by atoms with van der Waals surface area (Å²) in [6.07, 6.45) is 1.98. The Morgan fingerprint density at radius 1 is 1.10 bits per heavy atom. The van der Waals surface area contributed by atoms with Gasteiger partial charge in [0.15, 0.2) is 11.5 Å². The third kappa shape index (κ3) is 2.32. The SMILES string of the molecule is Cc1ccc(C(C)NC(C)c2nnc3ccccn23)o1. The summed E-state index contributed by atoms with van der Waals surface area (Å²) >= 11 is 0. The van der Waals surface area contributed by atoms with E-state index in [4.69, 9.17) is 4.42 Å². The van der Waals surface area contributed by atoms with Crippen LogP contribution in [0.1, 0.15) is 43.3 Å². The molecule has 0 radical (unpaired) electrons. The summed E-state index contributed by atoms with van der Waals surface area (Å²) in [5.74, 6) is 2.76. The first-order valence-electron chi connectivity index (χ1n) is 6.77. The molecule has 5 heteroatoms. The monoisotopic (exact) mass is 270 g/mol. The zero-order valence-electron chi connectivity index (χ0n) is 11.9. The quantitative estimate of drug-likeness (QED) is 0.791. The number of aromatic nitrogens is 3. The number of hydrogen-bond acceptors (Lipinski definition) is 4. The van der Waals surface area contributed by atoms with E-state index in [0.29, 0.717) is 0 Å². The number of hydrogen-bond donors (Lipinski definition) is 1. The molecule has 0 spiro atoms. The lowest BCUT2D eigenvalue weighted by Crippen LogP contribution is -2.23. The van der Waals surface area contributed by atoms with Crippen molar-refractivity contribution in [2.75, 3.05) is 0 Å².